The Kier molecular flexibility index (Phi) is 3.04. The molecule has 76 valence electrons. The molecule has 14 heavy (non-hydrogen) atoms. The second kappa shape index (κ2) is 4.47. The summed E-state index contributed by atoms with van der Waals surface area (Å²) in [6.07, 6.45) is 3.44. The number of aromatic hydroxyl groups is 1. The van der Waals surface area contributed by atoms with Gasteiger partial charge in [-0.1, -0.05) is 12.1 Å². The van der Waals surface area contributed by atoms with E-state index in [1.807, 2.05) is 12.1 Å². The summed E-state index contributed by atoms with van der Waals surface area (Å²) in [7, 11) is 0. The third-order valence-corrected chi connectivity index (χ3v) is 2.69. The summed E-state index contributed by atoms with van der Waals surface area (Å²) in [5.74, 6) is 0.991. The number of phenolic OH excluding ortho intramolecular Hbond substituents is 1. The number of ether oxygens (including phenoxy) is 1. The van der Waals surface area contributed by atoms with Gasteiger partial charge in [-0.05, 0) is 42.9 Å². The van der Waals surface area contributed by atoms with Gasteiger partial charge in [0.1, 0.15) is 5.75 Å². The summed E-state index contributed by atoms with van der Waals surface area (Å²) >= 11 is 0. The van der Waals surface area contributed by atoms with Crippen molar-refractivity contribution in [3.63, 3.8) is 0 Å². The average molecular weight is 192 g/mol. The lowest BCUT2D eigenvalue weighted by Gasteiger charge is -2.21. The highest BCUT2D eigenvalue weighted by Crippen LogP contribution is 2.20. The van der Waals surface area contributed by atoms with Gasteiger partial charge in [0.05, 0.1) is 0 Å². The molecule has 2 nitrogen and oxygen atoms in total. The lowest BCUT2D eigenvalue weighted by molar-refractivity contribution is 0.0550. The normalized spacial score (nSPS) is 22.1. The molecule has 0 saturated carbocycles. The van der Waals surface area contributed by atoms with E-state index in [2.05, 4.69) is 6.07 Å². The highest BCUT2D eigenvalue weighted by atomic mass is 16.5. The zero-order valence-electron chi connectivity index (χ0n) is 8.28. The summed E-state index contributed by atoms with van der Waals surface area (Å²) in [6, 6.07) is 7.51. The van der Waals surface area contributed by atoms with Crippen LogP contribution in [0.4, 0.5) is 0 Å². The van der Waals surface area contributed by atoms with Crippen molar-refractivity contribution in [3.05, 3.63) is 29.8 Å². The molecule has 1 aromatic carbocycles. The molecular weight excluding hydrogens is 176 g/mol. The first kappa shape index (κ1) is 9.53. The Morgan fingerprint density at radius 3 is 3.07 bits per heavy atom. The molecule has 0 spiro atoms. The Balaban J connectivity index is 1.95. The van der Waals surface area contributed by atoms with Crippen LogP contribution in [-0.4, -0.2) is 18.3 Å². The van der Waals surface area contributed by atoms with Crippen molar-refractivity contribution in [3.8, 4) is 5.75 Å². The number of phenols is 1. The molecule has 2 rings (SSSR count). The van der Waals surface area contributed by atoms with Crippen LogP contribution in [0.25, 0.3) is 0 Å². The Morgan fingerprint density at radius 2 is 2.36 bits per heavy atom. The second-order valence-corrected chi connectivity index (χ2v) is 3.96. The molecule has 2 heteroatoms. The standard InChI is InChI=1S/C12H16O2/c13-12-5-1-3-10(8-12)7-11-4-2-6-14-9-11/h1,3,5,8,11,13H,2,4,6-7,9H2. The Morgan fingerprint density at radius 1 is 1.43 bits per heavy atom. The molecule has 1 unspecified atom stereocenters. The highest BCUT2D eigenvalue weighted by Gasteiger charge is 2.14. The first-order valence-electron chi connectivity index (χ1n) is 5.20. The summed E-state index contributed by atoms with van der Waals surface area (Å²) in [6.45, 7) is 1.78. The first-order chi connectivity index (χ1) is 6.84. The predicted octanol–water partition coefficient (Wildman–Crippen LogP) is 2.36. The fourth-order valence-electron chi connectivity index (χ4n) is 1.99. The quantitative estimate of drug-likeness (QED) is 0.779. The summed E-state index contributed by atoms with van der Waals surface area (Å²) in [5, 5.41) is 9.31. The minimum atomic E-state index is 0.360. The van der Waals surface area contributed by atoms with E-state index in [-0.39, 0.29) is 0 Å². The SMILES string of the molecule is Oc1cccc(CC2CCCOC2)c1. The fraction of sp³-hybridized carbons (Fsp3) is 0.500. The van der Waals surface area contributed by atoms with Gasteiger partial charge in [0.15, 0.2) is 0 Å². The van der Waals surface area contributed by atoms with Gasteiger partial charge in [-0.25, -0.2) is 0 Å². The molecule has 0 radical (unpaired) electrons. The minimum absolute atomic E-state index is 0.360. The molecule has 1 heterocycles. The van der Waals surface area contributed by atoms with Crippen LogP contribution in [-0.2, 0) is 11.2 Å². The van der Waals surface area contributed by atoms with Crippen molar-refractivity contribution in [1.82, 2.24) is 0 Å². The Hall–Kier alpha value is -1.02. The van der Waals surface area contributed by atoms with E-state index < -0.39 is 0 Å². The van der Waals surface area contributed by atoms with E-state index in [0.29, 0.717) is 11.7 Å². The third kappa shape index (κ3) is 2.48. The van der Waals surface area contributed by atoms with E-state index in [0.717, 1.165) is 19.6 Å². The van der Waals surface area contributed by atoms with Crippen molar-refractivity contribution >= 4 is 0 Å². The number of hydrogen-bond acceptors (Lipinski definition) is 2. The maximum Gasteiger partial charge on any atom is 0.115 e. The number of hydrogen-bond donors (Lipinski definition) is 1. The molecule has 1 aliphatic rings. The summed E-state index contributed by atoms with van der Waals surface area (Å²) < 4.78 is 5.42. The van der Waals surface area contributed by atoms with Crippen molar-refractivity contribution in [1.29, 1.82) is 0 Å². The van der Waals surface area contributed by atoms with Crippen molar-refractivity contribution in [2.75, 3.05) is 13.2 Å². The van der Waals surface area contributed by atoms with E-state index in [4.69, 9.17) is 4.74 Å². The van der Waals surface area contributed by atoms with Crippen LogP contribution >= 0.6 is 0 Å². The van der Waals surface area contributed by atoms with Gasteiger partial charge < -0.3 is 9.84 Å². The van der Waals surface area contributed by atoms with Crippen LogP contribution in [0.2, 0.25) is 0 Å². The van der Waals surface area contributed by atoms with Gasteiger partial charge in [0, 0.05) is 13.2 Å². The van der Waals surface area contributed by atoms with Gasteiger partial charge >= 0.3 is 0 Å². The molecule has 0 aliphatic carbocycles. The van der Waals surface area contributed by atoms with Crippen LogP contribution in [0, 0.1) is 5.92 Å². The smallest absolute Gasteiger partial charge is 0.115 e. The molecule has 1 saturated heterocycles. The number of benzene rings is 1. The molecule has 0 aromatic heterocycles. The molecule has 1 aliphatic heterocycles. The maximum absolute atomic E-state index is 9.31. The van der Waals surface area contributed by atoms with E-state index in [1.165, 1.54) is 18.4 Å². The van der Waals surface area contributed by atoms with Gasteiger partial charge in [-0.3, -0.25) is 0 Å². The summed E-state index contributed by atoms with van der Waals surface area (Å²) in [5.41, 5.74) is 1.21. The molecule has 1 atom stereocenters. The zero-order valence-corrected chi connectivity index (χ0v) is 8.28. The third-order valence-electron chi connectivity index (χ3n) is 2.69. The van der Waals surface area contributed by atoms with Crippen LogP contribution in [0.5, 0.6) is 5.75 Å². The summed E-state index contributed by atoms with van der Waals surface area (Å²) in [4.78, 5) is 0. The van der Waals surface area contributed by atoms with Crippen molar-refractivity contribution < 1.29 is 9.84 Å². The number of rotatable bonds is 2. The van der Waals surface area contributed by atoms with E-state index >= 15 is 0 Å². The maximum atomic E-state index is 9.31. The lowest BCUT2D eigenvalue weighted by Crippen LogP contribution is -2.19. The van der Waals surface area contributed by atoms with Gasteiger partial charge in [-0.2, -0.15) is 0 Å². The second-order valence-electron chi connectivity index (χ2n) is 3.96. The van der Waals surface area contributed by atoms with Crippen molar-refractivity contribution in [2.24, 2.45) is 5.92 Å². The van der Waals surface area contributed by atoms with Gasteiger partial charge in [-0.15, -0.1) is 0 Å². The average Bonchev–Trinajstić information content (AvgIpc) is 2.19. The monoisotopic (exact) mass is 192 g/mol. The Bertz CT molecular complexity index is 290. The molecule has 1 N–H and O–H groups in total. The van der Waals surface area contributed by atoms with Gasteiger partial charge in [0.2, 0.25) is 0 Å². The van der Waals surface area contributed by atoms with Crippen molar-refractivity contribution in [2.45, 2.75) is 19.3 Å². The van der Waals surface area contributed by atoms with Crippen LogP contribution < -0.4 is 0 Å². The molecule has 0 amide bonds. The Labute approximate surface area is 84.5 Å². The molecule has 1 fully saturated rings. The van der Waals surface area contributed by atoms with Crippen LogP contribution in [0.1, 0.15) is 18.4 Å². The fourth-order valence-corrected chi connectivity index (χ4v) is 1.99. The molecule has 1 aromatic rings. The van der Waals surface area contributed by atoms with Crippen LogP contribution in [0.15, 0.2) is 24.3 Å². The first-order valence-corrected chi connectivity index (χ1v) is 5.20. The van der Waals surface area contributed by atoms with Crippen LogP contribution in [0.3, 0.4) is 0 Å². The topological polar surface area (TPSA) is 29.5 Å². The van der Waals surface area contributed by atoms with E-state index in [1.54, 1.807) is 6.07 Å². The highest BCUT2D eigenvalue weighted by molar-refractivity contribution is 5.27. The van der Waals surface area contributed by atoms with Gasteiger partial charge in [0.25, 0.3) is 0 Å². The largest absolute Gasteiger partial charge is 0.508 e. The molecule has 0 bridgehead atoms. The zero-order chi connectivity index (χ0) is 9.80. The minimum Gasteiger partial charge on any atom is -0.508 e. The molecular formula is C12H16O2. The predicted molar refractivity (Wildman–Crippen MR) is 55.4 cm³/mol. The van der Waals surface area contributed by atoms with E-state index in [9.17, 15) is 5.11 Å². The lowest BCUT2D eigenvalue weighted by atomic mass is 9.94.